The molecule has 2 aliphatic rings. The molecule has 0 radical (unpaired) electrons. The van der Waals surface area contributed by atoms with Crippen molar-refractivity contribution < 1.29 is 18.3 Å². The largest absolute Gasteiger partial charge is 0.489 e. The summed E-state index contributed by atoms with van der Waals surface area (Å²) in [6.07, 6.45) is 3.63. The lowest BCUT2D eigenvalue weighted by atomic mass is 9.90. The molecule has 6 heteroatoms. The van der Waals surface area contributed by atoms with Crippen LogP contribution in [0.3, 0.4) is 0 Å². The van der Waals surface area contributed by atoms with E-state index in [-0.39, 0.29) is 17.6 Å². The molecule has 4 nitrogen and oxygen atoms in total. The molecule has 3 atom stereocenters. The summed E-state index contributed by atoms with van der Waals surface area (Å²) in [6, 6.07) is 14.0. The summed E-state index contributed by atoms with van der Waals surface area (Å²) in [4.78, 5) is 14.9. The SMILES string of the molecule is CNC(C(=O)N1C2CCC1CC(C)C2)C(F)(F)c1ccc(OCc2ccccc2)cc1. The fraction of sp³-hybridized carbons (Fsp3) is 0.480. The highest BCUT2D eigenvalue weighted by Crippen LogP contribution is 2.41. The third kappa shape index (κ3) is 4.45. The number of hydrogen-bond donors (Lipinski definition) is 1. The number of nitrogens with zero attached hydrogens (tertiary/aromatic N) is 1. The quantitative estimate of drug-likeness (QED) is 0.693. The van der Waals surface area contributed by atoms with E-state index in [1.807, 2.05) is 30.3 Å². The number of nitrogens with one attached hydrogen (secondary N) is 1. The van der Waals surface area contributed by atoms with Crippen LogP contribution in [0.2, 0.25) is 0 Å². The Morgan fingerprint density at radius 1 is 1.10 bits per heavy atom. The summed E-state index contributed by atoms with van der Waals surface area (Å²) >= 11 is 0. The van der Waals surface area contributed by atoms with E-state index in [0.717, 1.165) is 31.2 Å². The Balaban J connectivity index is 1.46. The summed E-state index contributed by atoms with van der Waals surface area (Å²) in [5.74, 6) is -2.76. The van der Waals surface area contributed by atoms with E-state index in [0.29, 0.717) is 18.3 Å². The third-order valence-corrected chi connectivity index (χ3v) is 6.61. The van der Waals surface area contributed by atoms with Crippen LogP contribution >= 0.6 is 0 Å². The van der Waals surface area contributed by atoms with Crippen molar-refractivity contribution in [2.24, 2.45) is 5.92 Å². The molecule has 1 N–H and O–H groups in total. The van der Waals surface area contributed by atoms with Crippen LogP contribution in [0.25, 0.3) is 0 Å². The number of hydrogen-bond acceptors (Lipinski definition) is 3. The molecule has 0 aromatic heterocycles. The van der Waals surface area contributed by atoms with Crippen molar-refractivity contribution in [3.05, 3.63) is 65.7 Å². The van der Waals surface area contributed by atoms with Crippen molar-refractivity contribution >= 4 is 5.91 Å². The van der Waals surface area contributed by atoms with Crippen molar-refractivity contribution in [3.63, 3.8) is 0 Å². The van der Waals surface area contributed by atoms with Crippen LogP contribution in [0.1, 0.15) is 43.7 Å². The summed E-state index contributed by atoms with van der Waals surface area (Å²) < 4.78 is 36.5. The molecule has 2 heterocycles. The van der Waals surface area contributed by atoms with E-state index in [1.165, 1.54) is 31.3 Å². The molecule has 2 aromatic rings. The Hall–Kier alpha value is -2.47. The van der Waals surface area contributed by atoms with Crippen LogP contribution in [0, 0.1) is 5.92 Å². The van der Waals surface area contributed by atoms with Crippen molar-refractivity contribution in [1.29, 1.82) is 0 Å². The van der Waals surface area contributed by atoms with Gasteiger partial charge < -0.3 is 15.0 Å². The van der Waals surface area contributed by atoms with Crippen LogP contribution in [0.15, 0.2) is 54.6 Å². The first-order chi connectivity index (χ1) is 14.9. The van der Waals surface area contributed by atoms with Gasteiger partial charge in [-0.2, -0.15) is 8.78 Å². The summed E-state index contributed by atoms with van der Waals surface area (Å²) in [5, 5.41) is 2.61. The number of rotatable bonds is 7. The van der Waals surface area contributed by atoms with Crippen LogP contribution in [0.5, 0.6) is 5.75 Å². The van der Waals surface area contributed by atoms with Crippen molar-refractivity contribution in [2.75, 3.05) is 7.05 Å². The van der Waals surface area contributed by atoms with Crippen molar-refractivity contribution in [3.8, 4) is 5.75 Å². The van der Waals surface area contributed by atoms with Crippen LogP contribution in [-0.2, 0) is 17.3 Å². The fourth-order valence-electron chi connectivity index (χ4n) is 5.10. The van der Waals surface area contributed by atoms with E-state index in [2.05, 4.69) is 12.2 Å². The minimum Gasteiger partial charge on any atom is -0.489 e. The van der Waals surface area contributed by atoms with Crippen molar-refractivity contribution in [2.45, 2.75) is 63.3 Å². The number of fused-ring (bicyclic) bond motifs is 2. The highest BCUT2D eigenvalue weighted by Gasteiger charge is 2.51. The molecule has 2 saturated heterocycles. The predicted molar refractivity (Wildman–Crippen MR) is 116 cm³/mol. The van der Waals surface area contributed by atoms with E-state index in [9.17, 15) is 4.79 Å². The topological polar surface area (TPSA) is 41.6 Å². The maximum Gasteiger partial charge on any atom is 0.297 e. The van der Waals surface area contributed by atoms with Crippen molar-refractivity contribution in [1.82, 2.24) is 10.2 Å². The summed E-state index contributed by atoms with van der Waals surface area (Å²) in [6.45, 7) is 2.54. The molecule has 0 saturated carbocycles. The van der Waals surface area contributed by atoms with Crippen LogP contribution in [0.4, 0.5) is 8.78 Å². The van der Waals surface area contributed by atoms with Gasteiger partial charge in [0.15, 0.2) is 6.04 Å². The lowest BCUT2D eigenvalue weighted by Gasteiger charge is -2.41. The lowest BCUT2D eigenvalue weighted by molar-refractivity contribution is -0.150. The summed E-state index contributed by atoms with van der Waals surface area (Å²) in [5.41, 5.74) is 0.813. The molecule has 166 valence electrons. The van der Waals surface area contributed by atoms with Crippen LogP contribution < -0.4 is 10.1 Å². The molecule has 2 aliphatic heterocycles. The molecule has 0 spiro atoms. The average Bonchev–Trinajstić information content (AvgIpc) is 3.04. The Bertz CT molecular complexity index is 874. The molecule has 2 bridgehead atoms. The number of carbonyl (C=O) groups is 1. The number of benzene rings is 2. The van der Waals surface area contributed by atoms with Gasteiger partial charge in [-0.05, 0) is 68.5 Å². The standard InChI is InChI=1S/C25H30F2N2O2/c1-17-14-20-10-11-21(15-17)29(20)24(30)23(28-2)25(26,27)19-8-12-22(13-9-19)31-16-18-6-4-3-5-7-18/h3-9,12-13,17,20-21,23,28H,10-11,14-16H2,1-2H3. The van der Waals surface area contributed by atoms with Crippen LogP contribution in [-0.4, -0.2) is 36.0 Å². The lowest BCUT2D eigenvalue weighted by Crippen LogP contribution is -2.58. The zero-order valence-electron chi connectivity index (χ0n) is 18.1. The minimum absolute atomic E-state index is 0.0849. The van der Waals surface area contributed by atoms with Gasteiger partial charge in [0.1, 0.15) is 12.4 Å². The number of piperidine rings is 1. The molecule has 1 amide bonds. The van der Waals surface area contributed by atoms with Gasteiger partial charge in [0.2, 0.25) is 5.91 Å². The predicted octanol–water partition coefficient (Wildman–Crippen LogP) is 4.73. The number of ether oxygens (including phenoxy) is 1. The van der Waals surface area contributed by atoms with Gasteiger partial charge in [-0.25, -0.2) is 0 Å². The van der Waals surface area contributed by atoms with Gasteiger partial charge >= 0.3 is 0 Å². The Kier molecular flexibility index (Phi) is 6.28. The molecule has 31 heavy (non-hydrogen) atoms. The number of likely N-dealkylation sites (N-methyl/N-ethyl adjacent to an activating group) is 1. The normalized spacial score (nSPS) is 24.1. The second-order valence-electron chi connectivity index (χ2n) is 8.85. The van der Waals surface area contributed by atoms with Gasteiger partial charge in [0.25, 0.3) is 5.92 Å². The second kappa shape index (κ2) is 8.95. The van der Waals surface area contributed by atoms with Gasteiger partial charge in [0, 0.05) is 17.6 Å². The molecule has 2 fully saturated rings. The maximum absolute atomic E-state index is 15.4. The smallest absolute Gasteiger partial charge is 0.297 e. The zero-order chi connectivity index (χ0) is 22.0. The monoisotopic (exact) mass is 428 g/mol. The second-order valence-corrected chi connectivity index (χ2v) is 8.85. The first-order valence-corrected chi connectivity index (χ1v) is 11.0. The third-order valence-electron chi connectivity index (χ3n) is 6.61. The molecule has 4 rings (SSSR count). The minimum atomic E-state index is -3.33. The molecule has 2 aromatic carbocycles. The first kappa shape index (κ1) is 21.8. The number of alkyl halides is 2. The average molecular weight is 429 g/mol. The highest BCUT2D eigenvalue weighted by atomic mass is 19.3. The summed E-state index contributed by atoms with van der Waals surface area (Å²) in [7, 11) is 1.43. The van der Waals surface area contributed by atoms with Gasteiger partial charge in [-0.1, -0.05) is 37.3 Å². The highest BCUT2D eigenvalue weighted by molar-refractivity contribution is 5.84. The van der Waals surface area contributed by atoms with E-state index in [4.69, 9.17) is 4.74 Å². The number of amides is 1. The Labute approximate surface area is 182 Å². The fourth-order valence-corrected chi connectivity index (χ4v) is 5.10. The van der Waals surface area contributed by atoms with Gasteiger partial charge in [0.05, 0.1) is 0 Å². The molecular formula is C25H30F2N2O2. The molecular weight excluding hydrogens is 398 g/mol. The Morgan fingerprint density at radius 3 is 2.29 bits per heavy atom. The Morgan fingerprint density at radius 2 is 1.71 bits per heavy atom. The van der Waals surface area contributed by atoms with E-state index < -0.39 is 17.9 Å². The number of halogens is 2. The van der Waals surface area contributed by atoms with E-state index in [1.54, 1.807) is 4.90 Å². The maximum atomic E-state index is 15.4. The van der Waals surface area contributed by atoms with E-state index >= 15 is 8.78 Å². The van der Waals surface area contributed by atoms with Gasteiger partial charge in [-0.3, -0.25) is 4.79 Å². The first-order valence-electron chi connectivity index (χ1n) is 11.0. The number of carbonyl (C=O) groups excluding carboxylic acids is 1. The van der Waals surface area contributed by atoms with Gasteiger partial charge in [-0.15, -0.1) is 0 Å². The molecule has 3 unspecified atom stereocenters. The zero-order valence-corrected chi connectivity index (χ0v) is 18.1. The molecule has 0 aliphatic carbocycles.